The van der Waals surface area contributed by atoms with Crippen molar-refractivity contribution in [1.29, 1.82) is 5.26 Å². The zero-order valence-corrected chi connectivity index (χ0v) is 8.97. The highest BCUT2D eigenvalue weighted by Crippen LogP contribution is 2.23. The maximum Gasteiger partial charge on any atom is 0.161 e. The summed E-state index contributed by atoms with van der Waals surface area (Å²) in [7, 11) is 0. The zero-order chi connectivity index (χ0) is 10.0. The SMILES string of the molecule is CC(=O)c1c(C)ccc(Br)c1C#N. The van der Waals surface area contributed by atoms with Crippen LogP contribution in [-0.2, 0) is 0 Å². The lowest BCUT2D eigenvalue weighted by Crippen LogP contribution is -2.00. The normalized spacial score (nSPS) is 9.38. The van der Waals surface area contributed by atoms with Gasteiger partial charge in [0.2, 0.25) is 0 Å². The molecule has 0 spiro atoms. The third kappa shape index (κ3) is 1.78. The van der Waals surface area contributed by atoms with Gasteiger partial charge in [-0.25, -0.2) is 0 Å². The predicted molar refractivity (Wildman–Crippen MR) is 53.6 cm³/mol. The summed E-state index contributed by atoms with van der Waals surface area (Å²) in [5.74, 6) is -0.0737. The van der Waals surface area contributed by atoms with Crippen molar-refractivity contribution in [3.8, 4) is 6.07 Å². The molecular weight excluding hydrogens is 230 g/mol. The van der Waals surface area contributed by atoms with Gasteiger partial charge in [-0.3, -0.25) is 4.79 Å². The van der Waals surface area contributed by atoms with Crippen LogP contribution in [0.2, 0.25) is 0 Å². The Labute approximate surface area is 85.3 Å². The Morgan fingerprint density at radius 2 is 2.15 bits per heavy atom. The molecule has 2 nitrogen and oxygen atoms in total. The molecule has 0 unspecified atom stereocenters. The van der Waals surface area contributed by atoms with Crippen molar-refractivity contribution in [2.24, 2.45) is 0 Å². The summed E-state index contributed by atoms with van der Waals surface area (Å²) in [6.07, 6.45) is 0. The van der Waals surface area contributed by atoms with Gasteiger partial charge in [-0.05, 0) is 41.4 Å². The van der Waals surface area contributed by atoms with Gasteiger partial charge in [0.05, 0.1) is 5.56 Å². The van der Waals surface area contributed by atoms with Gasteiger partial charge in [-0.15, -0.1) is 0 Å². The first-order valence-electron chi connectivity index (χ1n) is 3.78. The maximum absolute atomic E-state index is 11.2. The second-order valence-corrected chi connectivity index (χ2v) is 3.64. The number of halogens is 1. The molecule has 0 aliphatic heterocycles. The van der Waals surface area contributed by atoms with Gasteiger partial charge in [0.1, 0.15) is 6.07 Å². The highest BCUT2D eigenvalue weighted by molar-refractivity contribution is 9.10. The molecule has 3 heteroatoms. The summed E-state index contributed by atoms with van der Waals surface area (Å²) in [5.41, 5.74) is 1.77. The lowest BCUT2D eigenvalue weighted by Gasteiger charge is -2.05. The van der Waals surface area contributed by atoms with Crippen molar-refractivity contribution in [3.63, 3.8) is 0 Å². The quantitative estimate of drug-likeness (QED) is 0.706. The molecule has 0 N–H and O–H groups in total. The lowest BCUT2D eigenvalue weighted by atomic mass is 10.00. The largest absolute Gasteiger partial charge is 0.294 e. The highest BCUT2D eigenvalue weighted by atomic mass is 79.9. The minimum atomic E-state index is -0.0737. The molecule has 0 aromatic heterocycles. The average molecular weight is 238 g/mol. The molecule has 0 aliphatic rings. The van der Waals surface area contributed by atoms with Crippen LogP contribution in [0.15, 0.2) is 16.6 Å². The third-order valence-electron chi connectivity index (χ3n) is 1.83. The monoisotopic (exact) mass is 237 g/mol. The number of rotatable bonds is 1. The van der Waals surface area contributed by atoms with Crippen molar-refractivity contribution >= 4 is 21.7 Å². The van der Waals surface area contributed by atoms with E-state index in [1.165, 1.54) is 6.92 Å². The number of hydrogen-bond donors (Lipinski definition) is 0. The Morgan fingerprint density at radius 1 is 1.54 bits per heavy atom. The Morgan fingerprint density at radius 3 is 2.54 bits per heavy atom. The summed E-state index contributed by atoms with van der Waals surface area (Å²) in [5, 5.41) is 8.84. The number of hydrogen-bond acceptors (Lipinski definition) is 2. The first kappa shape index (κ1) is 9.94. The van der Waals surface area contributed by atoms with Crippen LogP contribution >= 0.6 is 15.9 Å². The number of benzene rings is 1. The van der Waals surface area contributed by atoms with Crippen molar-refractivity contribution in [2.75, 3.05) is 0 Å². The third-order valence-corrected chi connectivity index (χ3v) is 2.49. The van der Waals surface area contributed by atoms with E-state index in [0.29, 0.717) is 15.6 Å². The standard InChI is InChI=1S/C10H8BrNO/c1-6-3-4-9(11)8(5-12)10(6)7(2)13/h3-4H,1-2H3. The zero-order valence-electron chi connectivity index (χ0n) is 7.39. The molecule has 0 radical (unpaired) electrons. The minimum Gasteiger partial charge on any atom is -0.294 e. The van der Waals surface area contributed by atoms with E-state index in [1.54, 1.807) is 6.07 Å². The van der Waals surface area contributed by atoms with Crippen molar-refractivity contribution in [3.05, 3.63) is 33.3 Å². The number of carbonyl (C=O) groups is 1. The van der Waals surface area contributed by atoms with Crippen LogP contribution in [0.5, 0.6) is 0 Å². The molecule has 0 heterocycles. The number of aryl methyl sites for hydroxylation is 1. The molecule has 1 aromatic carbocycles. The van der Waals surface area contributed by atoms with E-state index >= 15 is 0 Å². The number of Topliss-reactive ketones (excluding diaryl/α,β-unsaturated/α-hetero) is 1. The van der Waals surface area contributed by atoms with Crippen LogP contribution in [0, 0.1) is 18.3 Å². The van der Waals surface area contributed by atoms with Crippen LogP contribution in [0.25, 0.3) is 0 Å². The molecule has 13 heavy (non-hydrogen) atoms. The summed E-state index contributed by atoms with van der Waals surface area (Å²) in [6.45, 7) is 3.29. The van der Waals surface area contributed by atoms with Crippen molar-refractivity contribution in [2.45, 2.75) is 13.8 Å². The minimum absolute atomic E-state index is 0.0737. The van der Waals surface area contributed by atoms with Crippen LogP contribution < -0.4 is 0 Å². The molecule has 0 saturated carbocycles. The van der Waals surface area contributed by atoms with Crippen molar-refractivity contribution < 1.29 is 4.79 Å². The first-order chi connectivity index (χ1) is 6.07. The highest BCUT2D eigenvalue weighted by Gasteiger charge is 2.12. The molecule has 1 rings (SSSR count). The molecule has 0 aliphatic carbocycles. The van der Waals surface area contributed by atoms with E-state index in [0.717, 1.165) is 5.56 Å². The van der Waals surface area contributed by atoms with Gasteiger partial charge in [-0.2, -0.15) is 5.26 Å². The smallest absolute Gasteiger partial charge is 0.161 e. The number of carbonyl (C=O) groups excluding carboxylic acids is 1. The molecule has 0 bridgehead atoms. The second-order valence-electron chi connectivity index (χ2n) is 2.78. The van der Waals surface area contributed by atoms with Crippen LogP contribution in [0.3, 0.4) is 0 Å². The van der Waals surface area contributed by atoms with Gasteiger partial charge in [0.15, 0.2) is 5.78 Å². The fourth-order valence-electron chi connectivity index (χ4n) is 1.24. The Balaban J connectivity index is 3.55. The summed E-state index contributed by atoms with van der Waals surface area (Å²) >= 11 is 3.24. The van der Waals surface area contributed by atoms with Gasteiger partial charge < -0.3 is 0 Å². The molecule has 0 amide bonds. The maximum atomic E-state index is 11.2. The Bertz CT molecular complexity index is 404. The van der Waals surface area contributed by atoms with E-state index in [2.05, 4.69) is 15.9 Å². The van der Waals surface area contributed by atoms with E-state index in [-0.39, 0.29) is 5.78 Å². The second kappa shape index (κ2) is 3.71. The fourth-order valence-corrected chi connectivity index (χ4v) is 1.66. The Kier molecular flexibility index (Phi) is 2.84. The number of nitrogens with zero attached hydrogens (tertiary/aromatic N) is 1. The predicted octanol–water partition coefficient (Wildman–Crippen LogP) is 2.83. The van der Waals surface area contributed by atoms with E-state index in [4.69, 9.17) is 5.26 Å². The van der Waals surface area contributed by atoms with E-state index in [9.17, 15) is 4.79 Å². The number of nitriles is 1. The van der Waals surface area contributed by atoms with E-state index in [1.807, 2.05) is 19.1 Å². The molecule has 0 atom stereocenters. The van der Waals surface area contributed by atoms with Crippen molar-refractivity contribution in [1.82, 2.24) is 0 Å². The molecule has 66 valence electrons. The van der Waals surface area contributed by atoms with Crippen LogP contribution in [-0.4, -0.2) is 5.78 Å². The number of ketones is 1. The Hall–Kier alpha value is -1.14. The summed E-state index contributed by atoms with van der Waals surface area (Å²) in [6, 6.07) is 5.62. The molecule has 0 fully saturated rings. The molecule has 0 saturated heterocycles. The topological polar surface area (TPSA) is 40.9 Å². The van der Waals surface area contributed by atoms with E-state index < -0.39 is 0 Å². The average Bonchev–Trinajstić information content (AvgIpc) is 2.07. The fraction of sp³-hybridized carbons (Fsp3) is 0.200. The van der Waals surface area contributed by atoms with Gasteiger partial charge in [0, 0.05) is 10.0 Å². The van der Waals surface area contributed by atoms with Crippen LogP contribution in [0.4, 0.5) is 0 Å². The lowest BCUT2D eigenvalue weighted by molar-refractivity contribution is 0.101. The van der Waals surface area contributed by atoms with Crippen LogP contribution in [0.1, 0.15) is 28.4 Å². The first-order valence-corrected chi connectivity index (χ1v) is 4.57. The molecular formula is C10H8BrNO. The molecule has 1 aromatic rings. The van der Waals surface area contributed by atoms with Gasteiger partial charge in [-0.1, -0.05) is 6.07 Å². The summed E-state index contributed by atoms with van der Waals surface area (Å²) in [4.78, 5) is 11.2. The van der Waals surface area contributed by atoms with Gasteiger partial charge in [0.25, 0.3) is 0 Å². The summed E-state index contributed by atoms with van der Waals surface area (Å²) < 4.78 is 0.672. The van der Waals surface area contributed by atoms with Gasteiger partial charge >= 0.3 is 0 Å².